The minimum Gasteiger partial charge on any atom is -0.507 e. The average Bonchev–Trinajstić information content (AvgIpc) is 2.48. The Morgan fingerprint density at radius 3 is 3.00 bits per heavy atom. The second kappa shape index (κ2) is 4.46. The van der Waals surface area contributed by atoms with Crippen molar-refractivity contribution in [3.63, 3.8) is 0 Å². The highest BCUT2D eigenvalue weighted by Crippen LogP contribution is 2.33. The topological polar surface area (TPSA) is 60.2 Å². The monoisotopic (exact) mass is 249 g/mol. The summed E-state index contributed by atoms with van der Waals surface area (Å²) in [5.41, 5.74) is 2.20. The van der Waals surface area contributed by atoms with Gasteiger partial charge in [-0.05, 0) is 36.4 Å². The van der Waals surface area contributed by atoms with Gasteiger partial charge < -0.3 is 10.0 Å². The molecule has 92 valence electrons. The van der Waals surface area contributed by atoms with Crippen LogP contribution in [0, 0.1) is 11.3 Å². The first kappa shape index (κ1) is 11.3. The summed E-state index contributed by atoms with van der Waals surface area (Å²) in [7, 11) is 0. The summed E-state index contributed by atoms with van der Waals surface area (Å²) < 4.78 is 0. The number of nitrogens with zero attached hydrogens (tertiary/aromatic N) is 3. The molecule has 1 aliphatic heterocycles. The molecule has 0 spiro atoms. The molecule has 1 N–H and O–H groups in total. The molecule has 19 heavy (non-hydrogen) atoms. The lowest BCUT2D eigenvalue weighted by Gasteiger charge is -2.27. The Kier molecular flexibility index (Phi) is 2.66. The van der Waals surface area contributed by atoms with Crippen LogP contribution in [0.25, 0.3) is 5.76 Å². The number of hydrogen-bond acceptors (Lipinski definition) is 4. The Balaban J connectivity index is 2.10. The van der Waals surface area contributed by atoms with Gasteiger partial charge in [-0.2, -0.15) is 5.26 Å². The van der Waals surface area contributed by atoms with E-state index in [2.05, 4.69) is 11.1 Å². The molecule has 0 aliphatic carbocycles. The number of anilines is 2. The molecule has 0 amide bonds. The summed E-state index contributed by atoms with van der Waals surface area (Å²) in [5.74, 6) is 0.952. The van der Waals surface area contributed by atoms with Crippen molar-refractivity contribution in [2.24, 2.45) is 0 Å². The summed E-state index contributed by atoms with van der Waals surface area (Å²) in [5, 5.41) is 18.8. The minimum absolute atomic E-state index is 0.246. The fourth-order valence-electron chi connectivity index (χ4n) is 2.16. The van der Waals surface area contributed by atoms with Crippen LogP contribution in [0.5, 0.6) is 0 Å². The first-order valence-corrected chi connectivity index (χ1v) is 5.92. The van der Waals surface area contributed by atoms with Crippen LogP contribution in [0.1, 0.15) is 11.1 Å². The third-order valence-electron chi connectivity index (χ3n) is 3.07. The van der Waals surface area contributed by atoms with Crippen LogP contribution in [0.4, 0.5) is 11.5 Å². The minimum atomic E-state index is 0.246. The van der Waals surface area contributed by atoms with Crippen LogP contribution in [0.2, 0.25) is 0 Å². The molecule has 0 saturated carbocycles. The van der Waals surface area contributed by atoms with E-state index in [1.54, 1.807) is 24.4 Å². The molecule has 1 aromatic carbocycles. The molecule has 0 saturated heterocycles. The average molecular weight is 249 g/mol. The van der Waals surface area contributed by atoms with Crippen LogP contribution < -0.4 is 4.90 Å². The summed E-state index contributed by atoms with van der Waals surface area (Å²) in [6.07, 6.45) is 3.43. The molecule has 3 rings (SSSR count). The zero-order valence-electron chi connectivity index (χ0n) is 10.1. The number of nitriles is 1. The predicted molar refractivity (Wildman–Crippen MR) is 73.0 cm³/mol. The van der Waals surface area contributed by atoms with Gasteiger partial charge in [-0.1, -0.05) is 6.07 Å². The first-order chi connectivity index (χ1) is 9.29. The van der Waals surface area contributed by atoms with Gasteiger partial charge in [0.25, 0.3) is 0 Å². The van der Waals surface area contributed by atoms with E-state index in [-0.39, 0.29) is 5.76 Å². The molecular formula is C15H11N3O. The second-order valence-electron chi connectivity index (χ2n) is 4.24. The van der Waals surface area contributed by atoms with Crippen molar-refractivity contribution < 1.29 is 5.11 Å². The maximum atomic E-state index is 9.87. The van der Waals surface area contributed by atoms with E-state index >= 15 is 0 Å². The van der Waals surface area contributed by atoms with E-state index in [4.69, 9.17) is 5.26 Å². The van der Waals surface area contributed by atoms with Gasteiger partial charge >= 0.3 is 0 Å². The standard InChI is InChI=1S/C15H11N3O/c16-10-11-3-1-4-12(9-11)18-8-6-14(19)13-5-2-7-17-15(13)18/h1-7,9,19H,8H2. The molecule has 1 aliphatic rings. The lowest BCUT2D eigenvalue weighted by molar-refractivity contribution is 0.508. The molecule has 0 bridgehead atoms. The van der Waals surface area contributed by atoms with Crippen molar-refractivity contribution in [1.82, 2.24) is 4.98 Å². The van der Waals surface area contributed by atoms with E-state index in [9.17, 15) is 5.11 Å². The van der Waals surface area contributed by atoms with Crippen LogP contribution in [-0.2, 0) is 0 Å². The van der Waals surface area contributed by atoms with Crippen LogP contribution in [-0.4, -0.2) is 16.6 Å². The van der Waals surface area contributed by atoms with E-state index in [0.717, 1.165) is 5.69 Å². The van der Waals surface area contributed by atoms with E-state index in [0.29, 0.717) is 23.5 Å². The summed E-state index contributed by atoms with van der Waals surface area (Å²) in [4.78, 5) is 6.29. The zero-order valence-corrected chi connectivity index (χ0v) is 10.1. The van der Waals surface area contributed by atoms with Crippen LogP contribution in [0.3, 0.4) is 0 Å². The largest absolute Gasteiger partial charge is 0.507 e. The lowest BCUT2D eigenvalue weighted by atomic mass is 10.1. The van der Waals surface area contributed by atoms with Crippen LogP contribution >= 0.6 is 0 Å². The highest BCUT2D eigenvalue weighted by molar-refractivity contribution is 5.78. The third kappa shape index (κ3) is 1.91. The van der Waals surface area contributed by atoms with Crippen molar-refractivity contribution in [2.75, 3.05) is 11.4 Å². The Hall–Kier alpha value is -2.80. The number of aliphatic hydroxyl groups is 1. The van der Waals surface area contributed by atoms with Crippen molar-refractivity contribution in [3.8, 4) is 6.07 Å². The lowest BCUT2D eigenvalue weighted by Crippen LogP contribution is -2.23. The molecule has 2 aromatic rings. The van der Waals surface area contributed by atoms with Gasteiger partial charge in [0.2, 0.25) is 0 Å². The predicted octanol–water partition coefficient (Wildman–Crippen LogP) is 3.00. The number of aromatic nitrogens is 1. The normalized spacial score (nSPS) is 13.4. The number of hydrogen-bond donors (Lipinski definition) is 1. The van der Waals surface area contributed by atoms with Gasteiger partial charge in [0.05, 0.1) is 17.2 Å². The third-order valence-corrected chi connectivity index (χ3v) is 3.07. The van der Waals surface area contributed by atoms with Gasteiger partial charge in [-0.25, -0.2) is 4.98 Å². The Labute approximate surface area is 110 Å². The Morgan fingerprint density at radius 2 is 2.16 bits per heavy atom. The van der Waals surface area contributed by atoms with E-state index < -0.39 is 0 Å². The van der Waals surface area contributed by atoms with Crippen molar-refractivity contribution in [3.05, 3.63) is 59.8 Å². The van der Waals surface area contributed by atoms with E-state index in [1.165, 1.54) is 0 Å². The molecule has 0 unspecified atom stereocenters. The Bertz CT molecular complexity index is 701. The fraction of sp³-hybridized carbons (Fsp3) is 0.0667. The number of aliphatic hydroxyl groups excluding tert-OH is 1. The summed E-state index contributed by atoms with van der Waals surface area (Å²) in [6, 6.07) is 13.1. The number of benzene rings is 1. The molecule has 1 aromatic heterocycles. The molecule has 4 nitrogen and oxygen atoms in total. The van der Waals surface area contributed by atoms with Gasteiger partial charge in [0, 0.05) is 18.4 Å². The maximum Gasteiger partial charge on any atom is 0.144 e. The Morgan fingerprint density at radius 1 is 1.26 bits per heavy atom. The summed E-state index contributed by atoms with van der Waals surface area (Å²) in [6.45, 7) is 0.532. The van der Waals surface area contributed by atoms with Gasteiger partial charge in [-0.15, -0.1) is 0 Å². The number of fused-ring (bicyclic) bond motifs is 1. The second-order valence-corrected chi connectivity index (χ2v) is 4.24. The van der Waals surface area contributed by atoms with Crippen molar-refractivity contribution in [2.45, 2.75) is 0 Å². The number of pyridine rings is 1. The zero-order chi connectivity index (χ0) is 13.2. The first-order valence-electron chi connectivity index (χ1n) is 5.92. The van der Waals surface area contributed by atoms with Gasteiger partial charge in [0.1, 0.15) is 11.6 Å². The molecule has 0 fully saturated rings. The van der Waals surface area contributed by atoms with E-state index in [1.807, 2.05) is 29.2 Å². The molecule has 4 heteroatoms. The summed E-state index contributed by atoms with van der Waals surface area (Å²) >= 11 is 0. The fourth-order valence-corrected chi connectivity index (χ4v) is 2.16. The van der Waals surface area contributed by atoms with Gasteiger partial charge in [-0.3, -0.25) is 0 Å². The quantitative estimate of drug-likeness (QED) is 0.844. The number of rotatable bonds is 1. The van der Waals surface area contributed by atoms with Crippen LogP contribution in [0.15, 0.2) is 48.7 Å². The maximum absolute atomic E-state index is 9.87. The van der Waals surface area contributed by atoms with Crippen molar-refractivity contribution in [1.29, 1.82) is 5.26 Å². The SMILES string of the molecule is N#Cc1cccc(N2CC=C(O)c3cccnc32)c1. The molecule has 0 atom stereocenters. The molecule has 2 heterocycles. The smallest absolute Gasteiger partial charge is 0.144 e. The van der Waals surface area contributed by atoms with Gasteiger partial charge in [0.15, 0.2) is 0 Å². The molecule has 0 radical (unpaired) electrons. The van der Waals surface area contributed by atoms with Crippen molar-refractivity contribution >= 4 is 17.3 Å². The highest BCUT2D eigenvalue weighted by atomic mass is 16.3. The molecular weight excluding hydrogens is 238 g/mol. The highest BCUT2D eigenvalue weighted by Gasteiger charge is 2.20.